The largest absolute Gasteiger partial charge is 0.464 e. The Balaban J connectivity index is 2.82. The van der Waals surface area contributed by atoms with Crippen LogP contribution in [0.1, 0.15) is 45.1 Å². The lowest BCUT2D eigenvalue weighted by Gasteiger charge is -2.17. The second-order valence-corrected chi connectivity index (χ2v) is 7.83. The van der Waals surface area contributed by atoms with Gasteiger partial charge in [0.15, 0.2) is 0 Å². The molecule has 0 aromatic carbocycles. The summed E-state index contributed by atoms with van der Waals surface area (Å²) in [7, 11) is -1.84. The van der Waals surface area contributed by atoms with Crippen molar-refractivity contribution in [3.63, 3.8) is 0 Å². The SMILES string of the molecule is CCCNCc1cc(S(=O)(=O)N(C)CCC(C)C)c(C)o1. The Hall–Kier alpha value is -0.850. The van der Waals surface area contributed by atoms with Gasteiger partial charge in [-0.05, 0) is 32.2 Å². The molecule has 5 nitrogen and oxygen atoms in total. The van der Waals surface area contributed by atoms with Gasteiger partial charge in [-0.3, -0.25) is 0 Å². The highest BCUT2D eigenvalue weighted by molar-refractivity contribution is 7.89. The summed E-state index contributed by atoms with van der Waals surface area (Å²) in [6.07, 6.45) is 1.88. The first-order chi connectivity index (χ1) is 9.78. The molecule has 0 aliphatic heterocycles. The molecule has 0 saturated heterocycles. The van der Waals surface area contributed by atoms with Crippen molar-refractivity contribution in [2.45, 2.75) is 52.0 Å². The fraction of sp³-hybridized carbons (Fsp3) is 0.733. The van der Waals surface area contributed by atoms with Crippen LogP contribution in [0, 0.1) is 12.8 Å². The maximum absolute atomic E-state index is 12.6. The van der Waals surface area contributed by atoms with Crippen LogP contribution in [0.5, 0.6) is 0 Å². The van der Waals surface area contributed by atoms with Crippen molar-refractivity contribution in [1.29, 1.82) is 0 Å². The highest BCUT2D eigenvalue weighted by atomic mass is 32.2. The second kappa shape index (κ2) is 7.96. The van der Waals surface area contributed by atoms with Gasteiger partial charge >= 0.3 is 0 Å². The fourth-order valence-electron chi connectivity index (χ4n) is 1.98. The van der Waals surface area contributed by atoms with Crippen LogP contribution in [0.15, 0.2) is 15.4 Å². The molecule has 0 amide bonds. The van der Waals surface area contributed by atoms with E-state index >= 15 is 0 Å². The summed E-state index contributed by atoms with van der Waals surface area (Å²) >= 11 is 0. The average Bonchev–Trinajstić information content (AvgIpc) is 2.78. The summed E-state index contributed by atoms with van der Waals surface area (Å²) in [5.74, 6) is 1.60. The van der Waals surface area contributed by atoms with E-state index in [1.54, 1.807) is 20.0 Å². The molecule has 0 unspecified atom stereocenters. The summed E-state index contributed by atoms with van der Waals surface area (Å²) in [4.78, 5) is 0.280. The highest BCUT2D eigenvalue weighted by Crippen LogP contribution is 2.23. The molecule has 0 aliphatic carbocycles. The maximum atomic E-state index is 12.6. The lowest BCUT2D eigenvalue weighted by atomic mass is 10.1. The van der Waals surface area contributed by atoms with Crippen LogP contribution in [-0.2, 0) is 16.6 Å². The molecule has 0 aliphatic rings. The average molecular weight is 316 g/mol. The van der Waals surface area contributed by atoms with Gasteiger partial charge in [0.05, 0.1) is 6.54 Å². The molecule has 0 bridgehead atoms. The lowest BCUT2D eigenvalue weighted by Crippen LogP contribution is -2.28. The number of sulfonamides is 1. The molecule has 0 fully saturated rings. The van der Waals surface area contributed by atoms with Crippen molar-refractivity contribution < 1.29 is 12.8 Å². The van der Waals surface area contributed by atoms with E-state index in [0.29, 0.717) is 30.5 Å². The molecule has 1 N–H and O–H groups in total. The number of furan rings is 1. The van der Waals surface area contributed by atoms with Crippen LogP contribution >= 0.6 is 0 Å². The Morgan fingerprint density at radius 1 is 1.38 bits per heavy atom. The van der Waals surface area contributed by atoms with Gasteiger partial charge in [-0.25, -0.2) is 12.7 Å². The van der Waals surface area contributed by atoms with E-state index in [9.17, 15) is 8.42 Å². The first kappa shape index (κ1) is 18.2. The fourth-order valence-corrected chi connectivity index (χ4v) is 3.35. The number of hydrogen-bond acceptors (Lipinski definition) is 4. The van der Waals surface area contributed by atoms with Crippen molar-refractivity contribution in [3.05, 3.63) is 17.6 Å². The molecule has 0 saturated carbocycles. The van der Waals surface area contributed by atoms with Crippen LogP contribution in [0.2, 0.25) is 0 Å². The zero-order valence-corrected chi connectivity index (χ0v) is 14.6. The molecule has 122 valence electrons. The zero-order chi connectivity index (χ0) is 16.0. The normalized spacial score (nSPS) is 12.5. The minimum atomic E-state index is -3.46. The third kappa shape index (κ3) is 5.13. The van der Waals surface area contributed by atoms with Crippen LogP contribution in [0.4, 0.5) is 0 Å². The van der Waals surface area contributed by atoms with E-state index in [2.05, 4.69) is 26.1 Å². The molecular weight excluding hydrogens is 288 g/mol. The summed E-state index contributed by atoms with van der Waals surface area (Å²) in [6.45, 7) is 9.92. The van der Waals surface area contributed by atoms with E-state index < -0.39 is 10.0 Å². The maximum Gasteiger partial charge on any atom is 0.246 e. The topological polar surface area (TPSA) is 62.6 Å². The first-order valence-corrected chi connectivity index (χ1v) is 8.99. The van der Waals surface area contributed by atoms with Crippen molar-refractivity contribution in [2.24, 2.45) is 5.92 Å². The molecule has 1 aromatic rings. The number of aryl methyl sites for hydroxylation is 1. The molecular formula is C15H28N2O3S. The number of nitrogens with one attached hydrogen (secondary N) is 1. The summed E-state index contributed by atoms with van der Waals surface area (Å²) in [5.41, 5.74) is 0. The van der Waals surface area contributed by atoms with Crippen molar-refractivity contribution >= 4 is 10.0 Å². The smallest absolute Gasteiger partial charge is 0.246 e. The van der Waals surface area contributed by atoms with Crippen molar-refractivity contribution in [2.75, 3.05) is 20.1 Å². The van der Waals surface area contributed by atoms with E-state index in [1.165, 1.54) is 4.31 Å². The Bertz CT molecular complexity index is 535. The predicted molar refractivity (Wildman–Crippen MR) is 84.7 cm³/mol. The summed E-state index contributed by atoms with van der Waals surface area (Å²) in [5, 5.41) is 3.21. The van der Waals surface area contributed by atoms with Gasteiger partial charge in [-0.1, -0.05) is 20.8 Å². The molecule has 0 radical (unpaired) electrons. The van der Waals surface area contributed by atoms with Gasteiger partial charge < -0.3 is 9.73 Å². The second-order valence-electron chi connectivity index (χ2n) is 5.82. The third-order valence-corrected chi connectivity index (χ3v) is 5.32. The van der Waals surface area contributed by atoms with E-state index in [0.717, 1.165) is 19.4 Å². The molecule has 0 spiro atoms. The Morgan fingerprint density at radius 3 is 2.62 bits per heavy atom. The molecule has 6 heteroatoms. The molecule has 21 heavy (non-hydrogen) atoms. The third-order valence-electron chi connectivity index (χ3n) is 3.36. The van der Waals surface area contributed by atoms with Crippen molar-refractivity contribution in [3.8, 4) is 0 Å². The van der Waals surface area contributed by atoms with Gasteiger partial charge in [0.2, 0.25) is 10.0 Å². The van der Waals surface area contributed by atoms with Gasteiger partial charge in [-0.2, -0.15) is 0 Å². The standard InChI is InChI=1S/C15H28N2O3S/c1-6-8-16-11-14-10-15(13(4)20-14)21(18,19)17(5)9-7-12(2)3/h10,12,16H,6-9,11H2,1-5H3. The minimum Gasteiger partial charge on any atom is -0.464 e. The Labute approximate surface area is 128 Å². The molecule has 1 aromatic heterocycles. The Morgan fingerprint density at radius 2 is 2.05 bits per heavy atom. The monoisotopic (exact) mass is 316 g/mol. The summed E-state index contributed by atoms with van der Waals surface area (Å²) < 4.78 is 32.1. The minimum absolute atomic E-state index is 0.280. The Kier molecular flexibility index (Phi) is 6.90. The van der Waals surface area contributed by atoms with Gasteiger partial charge in [0.1, 0.15) is 16.4 Å². The van der Waals surface area contributed by atoms with Crippen LogP contribution in [0.25, 0.3) is 0 Å². The van der Waals surface area contributed by atoms with Crippen LogP contribution in [-0.4, -0.2) is 32.9 Å². The van der Waals surface area contributed by atoms with Crippen LogP contribution in [0.3, 0.4) is 0 Å². The first-order valence-electron chi connectivity index (χ1n) is 7.55. The van der Waals surface area contributed by atoms with E-state index in [1.807, 2.05) is 0 Å². The van der Waals surface area contributed by atoms with Gasteiger partial charge in [-0.15, -0.1) is 0 Å². The molecule has 1 heterocycles. The summed E-state index contributed by atoms with van der Waals surface area (Å²) in [6, 6.07) is 1.64. The quantitative estimate of drug-likeness (QED) is 0.712. The van der Waals surface area contributed by atoms with Crippen LogP contribution < -0.4 is 5.32 Å². The van der Waals surface area contributed by atoms with Crippen molar-refractivity contribution in [1.82, 2.24) is 9.62 Å². The zero-order valence-electron chi connectivity index (χ0n) is 13.8. The van der Waals surface area contributed by atoms with E-state index in [-0.39, 0.29) is 4.90 Å². The number of nitrogens with zero attached hydrogens (tertiary/aromatic N) is 1. The number of hydrogen-bond donors (Lipinski definition) is 1. The van der Waals surface area contributed by atoms with Gasteiger partial charge in [0, 0.05) is 19.7 Å². The van der Waals surface area contributed by atoms with E-state index in [4.69, 9.17) is 4.42 Å². The number of rotatable bonds is 9. The molecule has 1 rings (SSSR count). The van der Waals surface area contributed by atoms with Gasteiger partial charge in [0.25, 0.3) is 0 Å². The molecule has 0 atom stereocenters. The lowest BCUT2D eigenvalue weighted by molar-refractivity contribution is 0.424. The predicted octanol–water partition coefficient (Wildman–Crippen LogP) is 2.75. The highest BCUT2D eigenvalue weighted by Gasteiger charge is 2.25.